The van der Waals surface area contributed by atoms with Crippen LogP contribution in [0.25, 0.3) is 0 Å². The van der Waals surface area contributed by atoms with Crippen LogP contribution >= 0.6 is 11.8 Å². The number of carbonyl (C=O) groups is 2. The number of benzene rings is 1. The van der Waals surface area contributed by atoms with E-state index >= 15 is 0 Å². The Bertz CT molecular complexity index is 528. The monoisotopic (exact) mass is 308 g/mol. The van der Waals surface area contributed by atoms with Gasteiger partial charge in [-0.3, -0.25) is 0 Å². The van der Waals surface area contributed by atoms with E-state index in [0.717, 1.165) is 25.3 Å². The van der Waals surface area contributed by atoms with Gasteiger partial charge < -0.3 is 15.3 Å². The number of nitrogens with one attached hydrogen (secondary N) is 1. The Hall–Kier alpha value is -1.69. The van der Waals surface area contributed by atoms with Crippen LogP contribution in [-0.2, 0) is 0 Å². The third-order valence-electron chi connectivity index (χ3n) is 3.51. The molecule has 1 aromatic rings. The number of anilines is 1. The molecule has 0 atom stereocenters. The van der Waals surface area contributed by atoms with Crippen LogP contribution in [-0.4, -0.2) is 45.6 Å². The molecule has 2 amide bonds. The summed E-state index contributed by atoms with van der Waals surface area (Å²) in [5, 5.41) is 11.7. The van der Waals surface area contributed by atoms with Crippen molar-refractivity contribution in [1.29, 1.82) is 0 Å². The average Bonchev–Trinajstić information content (AvgIpc) is 2.60. The lowest BCUT2D eigenvalue weighted by Crippen LogP contribution is -2.37. The summed E-state index contributed by atoms with van der Waals surface area (Å²) >= 11 is 1.89. The van der Waals surface area contributed by atoms with Crippen molar-refractivity contribution in [1.82, 2.24) is 4.90 Å². The van der Waals surface area contributed by atoms with Gasteiger partial charge in [-0.15, -0.1) is 0 Å². The number of aromatic carboxylic acids is 1. The molecule has 21 heavy (non-hydrogen) atoms. The van der Waals surface area contributed by atoms with E-state index in [1.165, 1.54) is 12.1 Å². The zero-order valence-electron chi connectivity index (χ0n) is 12.3. The number of hydrogen-bond acceptors (Lipinski definition) is 3. The SMILES string of the molecule is CC1(C)CCN(C(=O)Nc2ccc(C(=O)O)cc2)CCS1. The molecule has 2 N–H and O–H groups in total. The van der Waals surface area contributed by atoms with Crippen LogP contribution in [0.4, 0.5) is 10.5 Å². The van der Waals surface area contributed by atoms with Crippen LogP contribution in [0.1, 0.15) is 30.6 Å². The fraction of sp³-hybridized carbons (Fsp3) is 0.467. The third-order valence-corrected chi connectivity index (χ3v) is 4.88. The summed E-state index contributed by atoms with van der Waals surface area (Å²) in [6.45, 7) is 5.86. The first-order valence-electron chi connectivity index (χ1n) is 6.91. The Kier molecular flexibility index (Phi) is 4.77. The first kappa shape index (κ1) is 15.7. The maximum atomic E-state index is 12.2. The summed E-state index contributed by atoms with van der Waals surface area (Å²) in [4.78, 5) is 24.8. The largest absolute Gasteiger partial charge is 0.478 e. The fourth-order valence-electron chi connectivity index (χ4n) is 2.12. The molecule has 0 bridgehead atoms. The molecule has 0 aliphatic carbocycles. The number of urea groups is 1. The highest BCUT2D eigenvalue weighted by molar-refractivity contribution is 8.00. The number of rotatable bonds is 2. The molecular formula is C15H20N2O3S. The maximum absolute atomic E-state index is 12.2. The third kappa shape index (κ3) is 4.39. The second kappa shape index (κ2) is 6.39. The number of hydrogen-bond donors (Lipinski definition) is 2. The number of amides is 2. The van der Waals surface area contributed by atoms with Crippen molar-refractivity contribution in [2.24, 2.45) is 0 Å². The van der Waals surface area contributed by atoms with E-state index in [9.17, 15) is 9.59 Å². The van der Waals surface area contributed by atoms with Crippen LogP contribution in [0.15, 0.2) is 24.3 Å². The van der Waals surface area contributed by atoms with Crippen LogP contribution in [0.3, 0.4) is 0 Å². The zero-order chi connectivity index (χ0) is 15.5. The number of carbonyl (C=O) groups excluding carboxylic acids is 1. The molecule has 0 unspecified atom stereocenters. The van der Waals surface area contributed by atoms with Gasteiger partial charge in [0.1, 0.15) is 0 Å². The van der Waals surface area contributed by atoms with Gasteiger partial charge in [-0.25, -0.2) is 9.59 Å². The molecule has 2 rings (SSSR count). The minimum atomic E-state index is -0.973. The van der Waals surface area contributed by atoms with Crippen LogP contribution in [0.2, 0.25) is 0 Å². The average molecular weight is 308 g/mol. The predicted molar refractivity (Wildman–Crippen MR) is 85.1 cm³/mol. The van der Waals surface area contributed by atoms with E-state index in [1.807, 2.05) is 16.7 Å². The lowest BCUT2D eigenvalue weighted by Gasteiger charge is -2.23. The topological polar surface area (TPSA) is 69.6 Å². The standard InChI is InChI=1S/C15H20N2O3S/c1-15(2)7-8-17(9-10-21-15)14(20)16-12-5-3-11(4-6-12)13(18)19/h3-6H,7-10H2,1-2H3,(H,16,20)(H,18,19). The molecule has 0 aromatic heterocycles. The predicted octanol–water partition coefficient (Wildman–Crippen LogP) is 3.13. The van der Waals surface area contributed by atoms with Crippen molar-refractivity contribution < 1.29 is 14.7 Å². The molecular weight excluding hydrogens is 288 g/mol. The smallest absolute Gasteiger partial charge is 0.335 e. The van der Waals surface area contributed by atoms with Gasteiger partial charge in [0, 0.05) is 29.3 Å². The molecule has 1 aliphatic heterocycles. The molecule has 0 saturated carbocycles. The normalized spacial score (nSPS) is 17.9. The van der Waals surface area contributed by atoms with Gasteiger partial charge in [-0.05, 0) is 30.7 Å². The summed E-state index contributed by atoms with van der Waals surface area (Å²) in [5.41, 5.74) is 0.821. The molecule has 1 saturated heterocycles. The zero-order valence-corrected chi connectivity index (χ0v) is 13.1. The van der Waals surface area contributed by atoms with E-state index in [4.69, 9.17) is 5.11 Å². The minimum Gasteiger partial charge on any atom is -0.478 e. The van der Waals surface area contributed by atoms with E-state index < -0.39 is 5.97 Å². The number of carboxylic acid groups (broad SMARTS) is 1. The molecule has 1 aromatic carbocycles. The summed E-state index contributed by atoms with van der Waals surface area (Å²) in [7, 11) is 0. The molecule has 1 heterocycles. The quantitative estimate of drug-likeness (QED) is 0.880. The number of nitrogens with zero attached hydrogens (tertiary/aromatic N) is 1. The van der Waals surface area contributed by atoms with Crippen LogP contribution < -0.4 is 5.32 Å². The highest BCUT2D eigenvalue weighted by Crippen LogP contribution is 2.30. The van der Waals surface area contributed by atoms with Gasteiger partial charge in [0.25, 0.3) is 0 Å². The van der Waals surface area contributed by atoms with Gasteiger partial charge in [0.15, 0.2) is 0 Å². The molecule has 114 valence electrons. The second-order valence-electron chi connectivity index (χ2n) is 5.66. The van der Waals surface area contributed by atoms with Crippen molar-refractivity contribution in [2.75, 3.05) is 24.2 Å². The van der Waals surface area contributed by atoms with Crippen molar-refractivity contribution in [3.8, 4) is 0 Å². The Morgan fingerprint density at radius 1 is 1.24 bits per heavy atom. The number of carboxylic acids is 1. The highest BCUT2D eigenvalue weighted by atomic mass is 32.2. The molecule has 1 aliphatic rings. The van der Waals surface area contributed by atoms with Gasteiger partial charge in [-0.2, -0.15) is 11.8 Å². The summed E-state index contributed by atoms with van der Waals surface area (Å²) < 4.78 is 0.207. The Morgan fingerprint density at radius 3 is 2.52 bits per heavy atom. The molecule has 5 nitrogen and oxygen atoms in total. The molecule has 1 fully saturated rings. The molecule has 0 spiro atoms. The Morgan fingerprint density at radius 2 is 1.90 bits per heavy atom. The van der Waals surface area contributed by atoms with Gasteiger partial charge in [-0.1, -0.05) is 13.8 Å². The summed E-state index contributed by atoms with van der Waals surface area (Å²) in [6.07, 6.45) is 0.961. The maximum Gasteiger partial charge on any atom is 0.335 e. The van der Waals surface area contributed by atoms with Gasteiger partial charge >= 0.3 is 12.0 Å². The van der Waals surface area contributed by atoms with E-state index in [2.05, 4.69) is 19.2 Å². The van der Waals surface area contributed by atoms with Crippen molar-refractivity contribution in [3.05, 3.63) is 29.8 Å². The first-order chi connectivity index (χ1) is 9.87. The summed E-state index contributed by atoms with van der Waals surface area (Å²) in [6, 6.07) is 6.06. The Balaban J connectivity index is 1.96. The van der Waals surface area contributed by atoms with Gasteiger partial charge in [0.05, 0.1) is 5.56 Å². The lowest BCUT2D eigenvalue weighted by molar-refractivity contribution is 0.0697. The van der Waals surface area contributed by atoms with E-state index in [0.29, 0.717) is 5.69 Å². The van der Waals surface area contributed by atoms with Crippen LogP contribution in [0.5, 0.6) is 0 Å². The highest BCUT2D eigenvalue weighted by Gasteiger charge is 2.25. The summed E-state index contributed by atoms with van der Waals surface area (Å²) in [5.74, 6) is -0.0436. The fourth-order valence-corrected chi connectivity index (χ4v) is 3.22. The first-order valence-corrected chi connectivity index (χ1v) is 7.89. The lowest BCUT2D eigenvalue weighted by atomic mass is 10.1. The minimum absolute atomic E-state index is 0.128. The molecule has 0 radical (unpaired) electrons. The molecule has 6 heteroatoms. The Labute approximate surface area is 128 Å². The van der Waals surface area contributed by atoms with Crippen molar-refractivity contribution in [3.63, 3.8) is 0 Å². The van der Waals surface area contributed by atoms with E-state index in [-0.39, 0.29) is 16.3 Å². The van der Waals surface area contributed by atoms with E-state index in [1.54, 1.807) is 12.1 Å². The second-order valence-corrected chi connectivity index (χ2v) is 7.46. The van der Waals surface area contributed by atoms with Crippen molar-refractivity contribution in [2.45, 2.75) is 25.0 Å². The van der Waals surface area contributed by atoms with Gasteiger partial charge in [0.2, 0.25) is 0 Å². The number of thioether (sulfide) groups is 1. The van der Waals surface area contributed by atoms with Crippen molar-refractivity contribution >= 4 is 29.4 Å². The van der Waals surface area contributed by atoms with Crippen LogP contribution in [0, 0.1) is 0 Å².